The lowest BCUT2D eigenvalue weighted by Gasteiger charge is -2.23. The summed E-state index contributed by atoms with van der Waals surface area (Å²) in [5.41, 5.74) is 4.80. The Morgan fingerprint density at radius 2 is 2.15 bits per heavy atom. The van der Waals surface area contributed by atoms with Gasteiger partial charge in [-0.3, -0.25) is 4.79 Å². The fourth-order valence-corrected chi connectivity index (χ4v) is 1.68. The van der Waals surface area contributed by atoms with E-state index in [0.29, 0.717) is 12.8 Å². The highest BCUT2D eigenvalue weighted by atomic mass is 32.2. The van der Waals surface area contributed by atoms with Crippen molar-refractivity contribution in [1.29, 1.82) is 0 Å². The number of nitrogens with two attached hydrogens (primary N) is 1. The number of carbonyl (C=O) groups is 1. The zero-order valence-electron chi connectivity index (χ0n) is 8.38. The van der Waals surface area contributed by atoms with Crippen LogP contribution in [0.25, 0.3) is 0 Å². The molecule has 0 aromatic heterocycles. The number of rotatable bonds is 7. The highest BCUT2D eigenvalue weighted by molar-refractivity contribution is 7.98. The predicted molar refractivity (Wildman–Crippen MR) is 57.1 cm³/mol. The summed E-state index contributed by atoms with van der Waals surface area (Å²) < 4.78 is 0. The number of hydrogen-bond acceptors (Lipinski definition) is 3. The summed E-state index contributed by atoms with van der Waals surface area (Å²) in [7, 11) is 0. The van der Waals surface area contributed by atoms with E-state index in [-0.39, 0.29) is 0 Å². The average molecular weight is 205 g/mol. The highest BCUT2D eigenvalue weighted by Crippen LogP contribution is 2.18. The average Bonchev–Trinajstić information content (AvgIpc) is 2.11. The van der Waals surface area contributed by atoms with E-state index in [0.717, 1.165) is 18.6 Å². The van der Waals surface area contributed by atoms with Crippen molar-refractivity contribution in [2.45, 2.75) is 38.1 Å². The van der Waals surface area contributed by atoms with Crippen LogP contribution in [0.1, 0.15) is 32.6 Å². The van der Waals surface area contributed by atoms with Crippen molar-refractivity contribution < 1.29 is 9.90 Å². The van der Waals surface area contributed by atoms with Crippen LogP contribution in [0.5, 0.6) is 0 Å². The molecule has 0 saturated heterocycles. The second-order valence-corrected chi connectivity index (χ2v) is 4.29. The Hall–Kier alpha value is -0.220. The Kier molecular flexibility index (Phi) is 6.16. The fraction of sp³-hybridized carbons (Fsp3) is 0.889. The summed E-state index contributed by atoms with van der Waals surface area (Å²) in [4.78, 5) is 10.9. The van der Waals surface area contributed by atoms with Crippen LogP contribution in [0.15, 0.2) is 0 Å². The number of aliphatic carboxylic acids is 1. The molecule has 3 N–H and O–H groups in total. The summed E-state index contributed by atoms with van der Waals surface area (Å²) in [6.45, 7) is 2.04. The number of hydrogen-bond donors (Lipinski definition) is 2. The highest BCUT2D eigenvalue weighted by Gasteiger charge is 2.32. The third kappa shape index (κ3) is 4.52. The van der Waals surface area contributed by atoms with Gasteiger partial charge in [-0.05, 0) is 24.9 Å². The number of carboxylic acids is 1. The summed E-state index contributed by atoms with van der Waals surface area (Å²) in [6, 6.07) is 0. The van der Waals surface area contributed by atoms with Gasteiger partial charge in [0.25, 0.3) is 0 Å². The quantitative estimate of drug-likeness (QED) is 0.664. The van der Waals surface area contributed by atoms with E-state index in [1.54, 1.807) is 11.8 Å². The molecule has 13 heavy (non-hydrogen) atoms. The zero-order valence-corrected chi connectivity index (χ0v) is 9.19. The smallest absolute Gasteiger partial charge is 0.323 e. The maximum atomic E-state index is 10.9. The summed E-state index contributed by atoms with van der Waals surface area (Å²) in [5, 5.41) is 8.95. The molecule has 78 valence electrons. The van der Waals surface area contributed by atoms with Gasteiger partial charge < -0.3 is 10.8 Å². The van der Waals surface area contributed by atoms with E-state index in [9.17, 15) is 4.79 Å². The molecule has 0 aliphatic heterocycles. The van der Waals surface area contributed by atoms with Crippen LogP contribution >= 0.6 is 11.8 Å². The van der Waals surface area contributed by atoms with Gasteiger partial charge in [0.2, 0.25) is 0 Å². The van der Waals surface area contributed by atoms with Gasteiger partial charge in [0.1, 0.15) is 5.54 Å². The maximum Gasteiger partial charge on any atom is 0.323 e. The van der Waals surface area contributed by atoms with Crippen LogP contribution < -0.4 is 5.73 Å². The molecule has 0 bridgehead atoms. The van der Waals surface area contributed by atoms with Crippen LogP contribution in [-0.4, -0.2) is 28.6 Å². The lowest BCUT2D eigenvalue weighted by Crippen LogP contribution is -2.48. The molecule has 0 saturated carbocycles. The first kappa shape index (κ1) is 12.8. The summed E-state index contributed by atoms with van der Waals surface area (Å²) in [6.07, 6.45) is 4.98. The van der Waals surface area contributed by atoms with Gasteiger partial charge in [-0.25, -0.2) is 0 Å². The molecule has 0 aliphatic carbocycles. The molecule has 0 fully saturated rings. The first-order valence-corrected chi connectivity index (χ1v) is 5.97. The van der Waals surface area contributed by atoms with Crippen molar-refractivity contribution in [3.63, 3.8) is 0 Å². The minimum absolute atomic E-state index is 0.559. The summed E-state index contributed by atoms with van der Waals surface area (Å²) >= 11 is 1.64. The van der Waals surface area contributed by atoms with Gasteiger partial charge >= 0.3 is 5.97 Å². The van der Waals surface area contributed by atoms with Crippen LogP contribution in [0.2, 0.25) is 0 Å². The van der Waals surface area contributed by atoms with Crippen molar-refractivity contribution in [1.82, 2.24) is 0 Å². The third-order valence-electron chi connectivity index (χ3n) is 2.15. The van der Waals surface area contributed by atoms with Crippen molar-refractivity contribution in [2.24, 2.45) is 5.73 Å². The van der Waals surface area contributed by atoms with Crippen LogP contribution in [0, 0.1) is 0 Å². The molecule has 0 aromatic carbocycles. The molecule has 1 atom stereocenters. The van der Waals surface area contributed by atoms with Gasteiger partial charge in [-0.15, -0.1) is 0 Å². The van der Waals surface area contributed by atoms with Crippen LogP contribution in [0.4, 0.5) is 0 Å². The van der Waals surface area contributed by atoms with Gasteiger partial charge in [0.05, 0.1) is 0 Å². The Bertz CT molecular complexity index is 154. The molecule has 0 aliphatic rings. The van der Waals surface area contributed by atoms with Crippen LogP contribution in [0.3, 0.4) is 0 Å². The topological polar surface area (TPSA) is 63.3 Å². The van der Waals surface area contributed by atoms with E-state index in [1.807, 2.05) is 13.2 Å². The lowest BCUT2D eigenvalue weighted by molar-refractivity contribution is -0.143. The van der Waals surface area contributed by atoms with Gasteiger partial charge in [0, 0.05) is 0 Å². The summed E-state index contributed by atoms with van der Waals surface area (Å²) in [5.74, 6) is -0.0537. The molecule has 0 rings (SSSR count). The molecule has 3 nitrogen and oxygen atoms in total. The Balaban J connectivity index is 4.08. The Morgan fingerprint density at radius 3 is 2.54 bits per heavy atom. The van der Waals surface area contributed by atoms with E-state index in [4.69, 9.17) is 10.8 Å². The largest absolute Gasteiger partial charge is 0.480 e. The normalized spacial score (nSPS) is 15.3. The molecule has 0 amide bonds. The lowest BCUT2D eigenvalue weighted by atomic mass is 9.91. The Morgan fingerprint density at radius 1 is 1.54 bits per heavy atom. The van der Waals surface area contributed by atoms with Gasteiger partial charge in [-0.2, -0.15) is 11.8 Å². The molecule has 1 unspecified atom stereocenters. The van der Waals surface area contributed by atoms with Crippen molar-refractivity contribution in [3.8, 4) is 0 Å². The van der Waals surface area contributed by atoms with Crippen molar-refractivity contribution in [3.05, 3.63) is 0 Å². The second kappa shape index (κ2) is 6.27. The zero-order chi connectivity index (χ0) is 10.3. The van der Waals surface area contributed by atoms with E-state index >= 15 is 0 Å². The number of unbranched alkanes of at least 4 members (excludes halogenated alkanes) is 1. The van der Waals surface area contributed by atoms with Crippen LogP contribution in [-0.2, 0) is 4.79 Å². The molecule has 4 heteroatoms. The third-order valence-corrected chi connectivity index (χ3v) is 2.77. The number of carboxylic acid groups (broad SMARTS) is 1. The standard InChI is InChI=1S/C9H19NO2S/c1-3-4-5-9(10,8(11)12)6-7-13-2/h3-7,10H2,1-2H3,(H,11,12). The molecule has 0 aromatic rings. The minimum atomic E-state index is -1.00. The first-order valence-electron chi connectivity index (χ1n) is 4.58. The Labute approximate surface area is 84.1 Å². The second-order valence-electron chi connectivity index (χ2n) is 3.31. The molecular weight excluding hydrogens is 186 g/mol. The minimum Gasteiger partial charge on any atom is -0.480 e. The SMILES string of the molecule is CCCCC(N)(CCSC)C(=O)O. The van der Waals surface area contributed by atoms with E-state index in [1.165, 1.54) is 0 Å². The van der Waals surface area contributed by atoms with E-state index in [2.05, 4.69) is 0 Å². The molecule has 0 spiro atoms. The van der Waals surface area contributed by atoms with Crippen molar-refractivity contribution >= 4 is 17.7 Å². The van der Waals surface area contributed by atoms with Crippen molar-refractivity contribution in [2.75, 3.05) is 12.0 Å². The van der Waals surface area contributed by atoms with E-state index < -0.39 is 11.5 Å². The van der Waals surface area contributed by atoms with Gasteiger partial charge in [-0.1, -0.05) is 19.8 Å². The monoisotopic (exact) mass is 205 g/mol. The first-order chi connectivity index (χ1) is 6.06. The predicted octanol–water partition coefficient (Wildman–Crippen LogP) is 1.71. The maximum absolute atomic E-state index is 10.9. The van der Waals surface area contributed by atoms with Gasteiger partial charge in [0.15, 0.2) is 0 Å². The molecule has 0 radical (unpaired) electrons. The fourth-order valence-electron chi connectivity index (χ4n) is 1.12. The molecular formula is C9H19NO2S. The molecule has 0 heterocycles. The number of thioether (sulfide) groups is 1.